The lowest BCUT2D eigenvalue weighted by molar-refractivity contribution is -0.0536. The summed E-state index contributed by atoms with van der Waals surface area (Å²) in [5, 5.41) is 0. The van der Waals surface area contributed by atoms with E-state index in [4.69, 9.17) is 14.2 Å². The van der Waals surface area contributed by atoms with E-state index >= 15 is 0 Å². The third-order valence-corrected chi connectivity index (χ3v) is 4.45. The number of nitrogens with zero attached hydrogens (tertiary/aromatic N) is 1. The molecule has 0 aliphatic carbocycles. The molecule has 0 spiro atoms. The zero-order chi connectivity index (χ0) is 18.0. The zero-order valence-electron chi connectivity index (χ0n) is 15.5. The Labute approximate surface area is 149 Å². The number of morpholine rings is 1. The van der Waals surface area contributed by atoms with E-state index < -0.39 is 5.60 Å². The number of benzene rings is 1. The molecule has 1 aromatic carbocycles. The fraction of sp³-hybridized carbons (Fsp3) is 0.550. The Hall–Kier alpha value is -2.01. The van der Waals surface area contributed by atoms with Gasteiger partial charge in [0.25, 0.3) is 0 Å². The number of fused-ring (bicyclic) bond motifs is 2. The van der Waals surface area contributed by atoms with Crippen LogP contribution in [0.3, 0.4) is 0 Å². The van der Waals surface area contributed by atoms with E-state index in [1.807, 2.05) is 37.8 Å². The van der Waals surface area contributed by atoms with Crippen LogP contribution in [0, 0.1) is 0 Å². The van der Waals surface area contributed by atoms with Crippen LogP contribution in [0.5, 0.6) is 5.75 Å². The second-order valence-corrected chi connectivity index (χ2v) is 7.70. The van der Waals surface area contributed by atoms with Gasteiger partial charge in [0.05, 0.1) is 32.4 Å². The molecule has 0 radical (unpaired) electrons. The molecule has 2 heterocycles. The molecule has 0 N–H and O–H groups in total. The molecule has 3 rings (SSSR count). The van der Waals surface area contributed by atoms with Crippen LogP contribution < -0.4 is 4.74 Å². The molecule has 5 nitrogen and oxygen atoms in total. The first kappa shape index (κ1) is 17.8. The molecule has 1 fully saturated rings. The largest absolute Gasteiger partial charge is 0.497 e. The minimum absolute atomic E-state index is 0.0409. The lowest BCUT2D eigenvalue weighted by Crippen LogP contribution is -2.57. The molecule has 1 saturated heterocycles. The summed E-state index contributed by atoms with van der Waals surface area (Å²) in [6, 6.07) is 8.12. The molecular formula is C20H27NO4. The summed E-state index contributed by atoms with van der Waals surface area (Å²) in [7, 11) is 1.68. The van der Waals surface area contributed by atoms with Gasteiger partial charge in [0, 0.05) is 0 Å². The summed E-state index contributed by atoms with van der Waals surface area (Å²) >= 11 is 0. The van der Waals surface area contributed by atoms with Crippen molar-refractivity contribution >= 4 is 6.09 Å². The normalized spacial score (nSPS) is 23.0. The summed E-state index contributed by atoms with van der Waals surface area (Å²) in [4.78, 5) is 14.4. The van der Waals surface area contributed by atoms with Crippen LogP contribution in [-0.4, -0.2) is 49.0 Å². The van der Waals surface area contributed by atoms with Crippen molar-refractivity contribution in [3.8, 4) is 5.75 Å². The SMILES string of the molecule is COc1cccc(CC2=CC3COCC(C2)N3C(=O)OC(C)(C)C)c1. The van der Waals surface area contributed by atoms with E-state index in [2.05, 4.69) is 18.2 Å². The van der Waals surface area contributed by atoms with E-state index in [-0.39, 0.29) is 18.2 Å². The number of ether oxygens (including phenoxy) is 3. The Balaban J connectivity index is 1.75. The molecule has 2 aliphatic rings. The third-order valence-electron chi connectivity index (χ3n) is 4.45. The molecule has 2 atom stereocenters. The standard InChI is InChI=1S/C20H27NO4/c1-20(2,3)25-19(22)21-16-9-15(10-17(21)13-24-12-16)8-14-6-5-7-18(11-14)23-4/h5-7,9,11,16-17H,8,10,12-13H2,1-4H3. The maximum Gasteiger partial charge on any atom is 0.411 e. The first-order chi connectivity index (χ1) is 11.9. The maximum absolute atomic E-state index is 12.6. The van der Waals surface area contributed by atoms with Crippen LogP contribution in [0.25, 0.3) is 0 Å². The summed E-state index contributed by atoms with van der Waals surface area (Å²) in [6.45, 7) is 6.77. The quantitative estimate of drug-likeness (QED) is 0.786. The smallest absolute Gasteiger partial charge is 0.411 e. The highest BCUT2D eigenvalue weighted by Gasteiger charge is 2.39. The molecule has 5 heteroatoms. The van der Waals surface area contributed by atoms with Crippen molar-refractivity contribution in [1.29, 1.82) is 0 Å². The zero-order valence-corrected chi connectivity index (χ0v) is 15.5. The van der Waals surface area contributed by atoms with Crippen LogP contribution >= 0.6 is 0 Å². The second-order valence-electron chi connectivity index (χ2n) is 7.70. The van der Waals surface area contributed by atoms with Gasteiger partial charge in [-0.3, -0.25) is 4.90 Å². The van der Waals surface area contributed by atoms with Gasteiger partial charge in [-0.1, -0.05) is 23.8 Å². The lowest BCUT2D eigenvalue weighted by Gasteiger charge is -2.44. The predicted octanol–water partition coefficient (Wildman–Crippen LogP) is 3.57. The summed E-state index contributed by atoms with van der Waals surface area (Å²) in [5.74, 6) is 0.868. The fourth-order valence-electron chi connectivity index (χ4n) is 3.46. The molecule has 136 valence electrons. The van der Waals surface area contributed by atoms with Gasteiger partial charge < -0.3 is 14.2 Å². The van der Waals surface area contributed by atoms with E-state index in [9.17, 15) is 4.79 Å². The molecule has 2 unspecified atom stereocenters. The average molecular weight is 345 g/mol. The Morgan fingerprint density at radius 1 is 1.32 bits per heavy atom. The van der Waals surface area contributed by atoms with Gasteiger partial charge >= 0.3 is 6.09 Å². The van der Waals surface area contributed by atoms with Crippen LogP contribution in [-0.2, 0) is 15.9 Å². The highest BCUT2D eigenvalue weighted by atomic mass is 16.6. The monoisotopic (exact) mass is 345 g/mol. The molecule has 0 saturated carbocycles. The van der Waals surface area contributed by atoms with Crippen molar-refractivity contribution in [1.82, 2.24) is 4.90 Å². The van der Waals surface area contributed by atoms with Crippen molar-refractivity contribution in [3.05, 3.63) is 41.5 Å². The molecule has 0 aromatic heterocycles. The number of amides is 1. The Morgan fingerprint density at radius 3 is 2.80 bits per heavy atom. The molecule has 25 heavy (non-hydrogen) atoms. The van der Waals surface area contributed by atoms with Gasteiger partial charge in [-0.15, -0.1) is 0 Å². The van der Waals surface area contributed by atoms with Crippen molar-refractivity contribution in [2.75, 3.05) is 20.3 Å². The van der Waals surface area contributed by atoms with Gasteiger partial charge in [0.2, 0.25) is 0 Å². The number of carbonyl (C=O) groups is 1. The van der Waals surface area contributed by atoms with E-state index in [1.165, 1.54) is 11.1 Å². The minimum atomic E-state index is -0.489. The van der Waals surface area contributed by atoms with Crippen molar-refractivity contribution in [2.24, 2.45) is 0 Å². The van der Waals surface area contributed by atoms with Gasteiger partial charge in [-0.25, -0.2) is 4.79 Å². The van der Waals surface area contributed by atoms with Crippen molar-refractivity contribution in [2.45, 2.75) is 51.3 Å². The van der Waals surface area contributed by atoms with Crippen molar-refractivity contribution < 1.29 is 19.0 Å². The van der Waals surface area contributed by atoms with E-state index in [0.29, 0.717) is 13.2 Å². The van der Waals surface area contributed by atoms with Crippen LogP contribution in [0.1, 0.15) is 32.8 Å². The maximum atomic E-state index is 12.6. The average Bonchev–Trinajstić information content (AvgIpc) is 2.52. The number of methoxy groups -OCH3 is 1. The number of hydrogen-bond donors (Lipinski definition) is 0. The van der Waals surface area contributed by atoms with Crippen LogP contribution in [0.15, 0.2) is 35.9 Å². The van der Waals surface area contributed by atoms with Crippen LogP contribution in [0.2, 0.25) is 0 Å². The Bertz CT molecular complexity index is 662. The Morgan fingerprint density at radius 2 is 2.12 bits per heavy atom. The minimum Gasteiger partial charge on any atom is -0.497 e. The molecule has 2 bridgehead atoms. The first-order valence-electron chi connectivity index (χ1n) is 8.77. The predicted molar refractivity (Wildman–Crippen MR) is 95.9 cm³/mol. The highest BCUT2D eigenvalue weighted by molar-refractivity contribution is 5.70. The van der Waals surface area contributed by atoms with Crippen LogP contribution in [0.4, 0.5) is 4.79 Å². The summed E-state index contributed by atoms with van der Waals surface area (Å²) < 4.78 is 16.6. The summed E-state index contributed by atoms with van der Waals surface area (Å²) in [6.07, 6.45) is 3.60. The molecular weight excluding hydrogens is 318 g/mol. The second kappa shape index (κ2) is 7.08. The first-order valence-corrected chi connectivity index (χ1v) is 8.77. The lowest BCUT2D eigenvalue weighted by atomic mass is 9.90. The van der Waals surface area contributed by atoms with Gasteiger partial charge in [-0.2, -0.15) is 0 Å². The molecule has 2 aliphatic heterocycles. The third kappa shape index (κ3) is 4.34. The molecule has 1 aromatic rings. The Kier molecular flexibility index (Phi) is 5.04. The van der Waals surface area contributed by atoms with E-state index in [0.717, 1.165) is 18.6 Å². The molecule has 1 amide bonds. The van der Waals surface area contributed by atoms with Gasteiger partial charge in [0.15, 0.2) is 0 Å². The van der Waals surface area contributed by atoms with Crippen molar-refractivity contribution in [3.63, 3.8) is 0 Å². The van der Waals surface area contributed by atoms with Gasteiger partial charge in [0.1, 0.15) is 11.4 Å². The fourth-order valence-corrected chi connectivity index (χ4v) is 3.46. The topological polar surface area (TPSA) is 48.0 Å². The summed E-state index contributed by atoms with van der Waals surface area (Å²) in [5.41, 5.74) is 2.07. The number of rotatable bonds is 3. The number of hydrogen-bond acceptors (Lipinski definition) is 4. The van der Waals surface area contributed by atoms with Gasteiger partial charge in [-0.05, 0) is 51.3 Å². The number of carbonyl (C=O) groups excluding carboxylic acids is 1. The highest BCUT2D eigenvalue weighted by Crippen LogP contribution is 2.30. The van der Waals surface area contributed by atoms with E-state index in [1.54, 1.807) is 7.11 Å².